The second-order valence-corrected chi connectivity index (χ2v) is 6.51. The first kappa shape index (κ1) is 17.8. The number of carboxylic acid groups (broad SMARTS) is 1. The fraction of sp³-hybridized carbons (Fsp3) is 0.875. The van der Waals surface area contributed by atoms with Crippen molar-refractivity contribution in [1.29, 1.82) is 0 Å². The van der Waals surface area contributed by atoms with Gasteiger partial charge >= 0.3 is 12.0 Å². The number of amides is 2. The molecule has 1 aliphatic carbocycles. The number of nitrogens with one attached hydrogen (secondary N) is 1. The molecular weight excluding hydrogens is 268 g/mol. The summed E-state index contributed by atoms with van der Waals surface area (Å²) in [7, 11) is 0. The van der Waals surface area contributed by atoms with Crippen LogP contribution in [0, 0.1) is 5.92 Å². The minimum absolute atomic E-state index is 0.221. The molecular formula is C16H30N2O3. The van der Waals surface area contributed by atoms with E-state index in [-0.39, 0.29) is 12.1 Å². The summed E-state index contributed by atoms with van der Waals surface area (Å²) in [6, 6.07) is 0.0364. The van der Waals surface area contributed by atoms with E-state index in [1.165, 1.54) is 0 Å². The van der Waals surface area contributed by atoms with Crippen molar-refractivity contribution in [2.75, 3.05) is 6.54 Å². The van der Waals surface area contributed by atoms with Gasteiger partial charge in [0, 0.05) is 12.6 Å². The van der Waals surface area contributed by atoms with Gasteiger partial charge in [0.15, 0.2) is 0 Å². The van der Waals surface area contributed by atoms with E-state index in [1.807, 2.05) is 4.90 Å². The van der Waals surface area contributed by atoms with Gasteiger partial charge in [-0.1, -0.05) is 40.5 Å². The van der Waals surface area contributed by atoms with E-state index in [4.69, 9.17) is 0 Å². The predicted molar refractivity (Wildman–Crippen MR) is 83.3 cm³/mol. The standard InChI is InChI=1S/C16H30N2O3/c1-5-16(6-2,14(19)20)17-15(21)18(11-12(3)4)13-9-7-8-10-13/h12-13H,5-11H2,1-4H3,(H,17,21)(H,19,20). The van der Waals surface area contributed by atoms with Crippen molar-refractivity contribution in [1.82, 2.24) is 10.2 Å². The van der Waals surface area contributed by atoms with Crippen LogP contribution in [0.3, 0.4) is 0 Å². The van der Waals surface area contributed by atoms with Gasteiger partial charge in [-0.15, -0.1) is 0 Å². The largest absolute Gasteiger partial charge is 0.480 e. The van der Waals surface area contributed by atoms with Gasteiger partial charge in [-0.3, -0.25) is 0 Å². The molecule has 0 atom stereocenters. The molecule has 1 saturated carbocycles. The highest BCUT2D eigenvalue weighted by Gasteiger charge is 2.39. The molecule has 0 saturated heterocycles. The highest BCUT2D eigenvalue weighted by Crippen LogP contribution is 2.25. The molecule has 0 aromatic rings. The number of carbonyl (C=O) groups excluding carboxylic acids is 1. The van der Waals surface area contributed by atoms with Crippen LogP contribution in [0.1, 0.15) is 66.2 Å². The third-order valence-corrected chi connectivity index (χ3v) is 4.55. The van der Waals surface area contributed by atoms with Gasteiger partial charge in [-0.2, -0.15) is 0 Å². The maximum Gasteiger partial charge on any atom is 0.329 e. The van der Waals surface area contributed by atoms with Crippen LogP contribution in [0.15, 0.2) is 0 Å². The minimum Gasteiger partial charge on any atom is -0.480 e. The van der Waals surface area contributed by atoms with Crippen LogP contribution in [0.25, 0.3) is 0 Å². The Kier molecular flexibility index (Phi) is 6.49. The molecule has 122 valence electrons. The van der Waals surface area contributed by atoms with Crippen molar-refractivity contribution in [3.8, 4) is 0 Å². The van der Waals surface area contributed by atoms with E-state index in [9.17, 15) is 14.7 Å². The molecule has 2 N–H and O–H groups in total. The molecule has 0 aliphatic heterocycles. The van der Waals surface area contributed by atoms with Gasteiger partial charge in [0.1, 0.15) is 5.54 Å². The summed E-state index contributed by atoms with van der Waals surface area (Å²) in [4.78, 5) is 26.1. The third kappa shape index (κ3) is 4.35. The van der Waals surface area contributed by atoms with Crippen molar-refractivity contribution >= 4 is 12.0 Å². The summed E-state index contributed by atoms with van der Waals surface area (Å²) in [6.45, 7) is 8.46. The third-order valence-electron chi connectivity index (χ3n) is 4.55. The number of carboxylic acids is 1. The molecule has 21 heavy (non-hydrogen) atoms. The Morgan fingerprint density at radius 2 is 1.76 bits per heavy atom. The lowest BCUT2D eigenvalue weighted by molar-refractivity contribution is -0.144. The summed E-state index contributed by atoms with van der Waals surface area (Å²) in [5.74, 6) is -0.574. The maximum absolute atomic E-state index is 12.7. The van der Waals surface area contributed by atoms with Gasteiger partial charge in [0.2, 0.25) is 0 Å². The zero-order chi connectivity index (χ0) is 16.0. The molecule has 1 aliphatic rings. The average molecular weight is 298 g/mol. The highest BCUT2D eigenvalue weighted by molar-refractivity contribution is 5.86. The fourth-order valence-corrected chi connectivity index (χ4v) is 3.07. The number of hydrogen-bond donors (Lipinski definition) is 2. The van der Waals surface area contributed by atoms with Crippen molar-refractivity contribution in [2.24, 2.45) is 5.92 Å². The number of hydrogen-bond acceptors (Lipinski definition) is 2. The Morgan fingerprint density at radius 3 is 2.14 bits per heavy atom. The Labute approximate surface area is 128 Å². The lowest BCUT2D eigenvalue weighted by atomic mass is 9.93. The van der Waals surface area contributed by atoms with E-state index in [0.29, 0.717) is 25.3 Å². The molecule has 0 aromatic carbocycles. The van der Waals surface area contributed by atoms with Crippen LogP contribution in [0.4, 0.5) is 4.79 Å². The number of urea groups is 1. The van der Waals surface area contributed by atoms with Gasteiger partial charge < -0.3 is 15.3 Å². The monoisotopic (exact) mass is 298 g/mol. The molecule has 0 aromatic heterocycles. The zero-order valence-corrected chi connectivity index (χ0v) is 13.8. The lowest BCUT2D eigenvalue weighted by Gasteiger charge is -2.35. The number of carbonyl (C=O) groups is 2. The molecule has 0 spiro atoms. The van der Waals surface area contributed by atoms with E-state index >= 15 is 0 Å². The summed E-state index contributed by atoms with van der Waals surface area (Å²) >= 11 is 0. The van der Waals surface area contributed by atoms with Gasteiger partial charge in [-0.05, 0) is 31.6 Å². The van der Waals surface area contributed by atoms with Crippen molar-refractivity contribution in [3.05, 3.63) is 0 Å². The number of nitrogens with zero attached hydrogens (tertiary/aromatic N) is 1. The smallest absolute Gasteiger partial charge is 0.329 e. The average Bonchev–Trinajstić information content (AvgIpc) is 2.95. The maximum atomic E-state index is 12.7. The number of rotatable bonds is 7. The summed E-state index contributed by atoms with van der Waals surface area (Å²) in [5.41, 5.74) is -1.15. The van der Waals surface area contributed by atoms with Gasteiger partial charge in [0.25, 0.3) is 0 Å². The van der Waals surface area contributed by atoms with E-state index in [2.05, 4.69) is 19.2 Å². The normalized spacial score (nSPS) is 16.2. The Morgan fingerprint density at radius 1 is 1.24 bits per heavy atom. The van der Waals surface area contributed by atoms with Crippen LogP contribution in [-0.2, 0) is 4.79 Å². The molecule has 5 heteroatoms. The van der Waals surface area contributed by atoms with E-state index in [1.54, 1.807) is 13.8 Å². The second kappa shape index (κ2) is 7.66. The topological polar surface area (TPSA) is 69.6 Å². The van der Waals surface area contributed by atoms with Gasteiger partial charge in [0.05, 0.1) is 0 Å². The molecule has 5 nitrogen and oxygen atoms in total. The Balaban J connectivity index is 2.86. The molecule has 0 radical (unpaired) electrons. The Hall–Kier alpha value is -1.26. The summed E-state index contributed by atoms with van der Waals surface area (Å²) in [6.07, 6.45) is 5.14. The fourth-order valence-electron chi connectivity index (χ4n) is 3.07. The highest BCUT2D eigenvalue weighted by atomic mass is 16.4. The van der Waals surface area contributed by atoms with Crippen LogP contribution in [0.5, 0.6) is 0 Å². The lowest BCUT2D eigenvalue weighted by Crippen LogP contribution is -2.59. The van der Waals surface area contributed by atoms with Crippen LogP contribution < -0.4 is 5.32 Å². The first-order chi connectivity index (χ1) is 9.86. The SMILES string of the molecule is CCC(CC)(NC(=O)N(CC(C)C)C1CCCC1)C(=O)O. The molecule has 0 unspecified atom stereocenters. The first-order valence-electron chi connectivity index (χ1n) is 8.18. The van der Waals surface area contributed by atoms with Crippen LogP contribution in [0.2, 0.25) is 0 Å². The van der Waals surface area contributed by atoms with Crippen molar-refractivity contribution in [3.63, 3.8) is 0 Å². The van der Waals surface area contributed by atoms with Crippen LogP contribution >= 0.6 is 0 Å². The van der Waals surface area contributed by atoms with E-state index < -0.39 is 11.5 Å². The second-order valence-electron chi connectivity index (χ2n) is 6.51. The Bertz CT molecular complexity index is 359. The quantitative estimate of drug-likeness (QED) is 0.758. The van der Waals surface area contributed by atoms with Gasteiger partial charge in [-0.25, -0.2) is 9.59 Å². The molecule has 1 rings (SSSR count). The van der Waals surface area contributed by atoms with E-state index in [0.717, 1.165) is 25.7 Å². The molecule has 1 fully saturated rings. The summed E-state index contributed by atoms with van der Waals surface area (Å²) in [5, 5.41) is 12.3. The van der Waals surface area contributed by atoms with Crippen molar-refractivity contribution < 1.29 is 14.7 Å². The summed E-state index contributed by atoms with van der Waals surface area (Å²) < 4.78 is 0. The zero-order valence-electron chi connectivity index (χ0n) is 13.8. The molecule has 2 amide bonds. The minimum atomic E-state index is -1.15. The first-order valence-corrected chi connectivity index (χ1v) is 8.18. The predicted octanol–water partition coefficient (Wildman–Crippen LogP) is 3.24. The number of aliphatic carboxylic acids is 1. The molecule has 0 bridgehead atoms. The van der Waals surface area contributed by atoms with Crippen molar-refractivity contribution in [2.45, 2.75) is 77.8 Å². The van der Waals surface area contributed by atoms with Crippen LogP contribution in [-0.4, -0.2) is 40.1 Å². The molecule has 0 heterocycles.